The maximum Gasteiger partial charge on any atom is 0.168 e. The van der Waals surface area contributed by atoms with Gasteiger partial charge in [-0.1, -0.05) is 35.9 Å². The third-order valence-electron chi connectivity index (χ3n) is 3.99. The number of hydrogen-bond acceptors (Lipinski definition) is 5. The molecule has 0 saturated heterocycles. The Morgan fingerprint density at radius 3 is 2.38 bits per heavy atom. The molecule has 2 aromatic carbocycles. The van der Waals surface area contributed by atoms with E-state index in [2.05, 4.69) is 11.1 Å². The Morgan fingerprint density at radius 2 is 1.77 bits per heavy atom. The van der Waals surface area contributed by atoms with Crippen molar-refractivity contribution >= 4 is 17.4 Å². The van der Waals surface area contributed by atoms with E-state index in [1.807, 2.05) is 30.3 Å². The van der Waals surface area contributed by atoms with Gasteiger partial charge in [0.2, 0.25) is 0 Å². The van der Waals surface area contributed by atoms with Gasteiger partial charge >= 0.3 is 0 Å². The topological polar surface area (TPSA) is 81.2 Å². The highest BCUT2D eigenvalue weighted by atomic mass is 35.5. The molecular weight excluding hydrogens is 350 g/mol. The first-order valence-corrected chi connectivity index (χ1v) is 8.14. The van der Waals surface area contributed by atoms with Gasteiger partial charge in [0, 0.05) is 21.7 Å². The molecule has 0 aliphatic carbocycles. The Bertz CT molecular complexity index is 995. The second-order valence-electron chi connectivity index (χ2n) is 5.48. The van der Waals surface area contributed by atoms with Crippen LogP contribution in [0.1, 0.15) is 5.56 Å². The number of nitriles is 1. The minimum absolute atomic E-state index is 0.153. The maximum absolute atomic E-state index is 9.59. The van der Waals surface area contributed by atoms with Crippen LogP contribution in [0, 0.1) is 11.3 Å². The lowest BCUT2D eigenvalue weighted by Gasteiger charge is -2.15. The molecule has 2 N–H and O–H groups in total. The number of nitrogens with zero attached hydrogens (tertiary/aromatic N) is 2. The summed E-state index contributed by atoms with van der Waals surface area (Å²) in [5.41, 5.74) is 9.16. The molecule has 1 heterocycles. The molecule has 0 saturated carbocycles. The van der Waals surface area contributed by atoms with Crippen molar-refractivity contribution in [2.24, 2.45) is 0 Å². The molecule has 5 nitrogen and oxygen atoms in total. The fraction of sp³-hybridized carbons (Fsp3) is 0.100. The third-order valence-corrected chi connectivity index (χ3v) is 4.24. The van der Waals surface area contributed by atoms with Gasteiger partial charge in [0.1, 0.15) is 17.5 Å². The average molecular weight is 366 g/mol. The van der Waals surface area contributed by atoms with Crippen molar-refractivity contribution in [3.63, 3.8) is 0 Å². The molecule has 0 fully saturated rings. The first kappa shape index (κ1) is 17.6. The van der Waals surface area contributed by atoms with Crippen molar-refractivity contribution in [1.82, 2.24) is 4.98 Å². The second kappa shape index (κ2) is 7.34. The Balaban J connectivity index is 2.28. The van der Waals surface area contributed by atoms with E-state index in [1.54, 1.807) is 32.4 Å². The summed E-state index contributed by atoms with van der Waals surface area (Å²) in [5, 5.41) is 10.2. The van der Waals surface area contributed by atoms with Crippen LogP contribution in [-0.4, -0.2) is 19.2 Å². The molecule has 0 aliphatic heterocycles. The van der Waals surface area contributed by atoms with Crippen molar-refractivity contribution < 1.29 is 9.47 Å². The summed E-state index contributed by atoms with van der Waals surface area (Å²) in [6, 6.07) is 16.7. The van der Waals surface area contributed by atoms with Gasteiger partial charge in [0.15, 0.2) is 11.5 Å². The lowest BCUT2D eigenvalue weighted by atomic mass is 9.97. The predicted molar refractivity (Wildman–Crippen MR) is 102 cm³/mol. The number of hydrogen-bond donors (Lipinski definition) is 1. The van der Waals surface area contributed by atoms with Crippen LogP contribution in [0.4, 0.5) is 5.82 Å². The molecular formula is C20H16ClN3O2. The van der Waals surface area contributed by atoms with Crippen molar-refractivity contribution in [2.45, 2.75) is 0 Å². The number of anilines is 1. The number of methoxy groups -OCH3 is 2. The van der Waals surface area contributed by atoms with E-state index < -0.39 is 0 Å². The largest absolute Gasteiger partial charge is 0.493 e. The fourth-order valence-corrected chi connectivity index (χ4v) is 2.89. The van der Waals surface area contributed by atoms with Gasteiger partial charge in [-0.2, -0.15) is 5.26 Å². The maximum atomic E-state index is 9.59. The molecule has 0 radical (unpaired) electrons. The standard InChI is InChI=1S/C20H16ClN3O2/c1-25-18-5-3-4-14(19(18)26-2)15-10-17(24-20(23)16(15)11-22)12-6-8-13(21)9-7-12/h3-10H,1-2H3,(H2,23,24). The summed E-state index contributed by atoms with van der Waals surface area (Å²) in [5.74, 6) is 1.25. The summed E-state index contributed by atoms with van der Waals surface area (Å²) in [6.07, 6.45) is 0. The molecule has 1 aromatic heterocycles. The molecule has 0 aliphatic rings. The van der Waals surface area contributed by atoms with Gasteiger partial charge in [-0.15, -0.1) is 0 Å². The molecule has 0 spiro atoms. The normalized spacial score (nSPS) is 10.2. The van der Waals surface area contributed by atoms with E-state index in [4.69, 9.17) is 26.8 Å². The Kier molecular flexibility index (Phi) is 4.97. The van der Waals surface area contributed by atoms with Crippen LogP contribution >= 0.6 is 11.6 Å². The minimum atomic E-state index is 0.153. The first-order chi connectivity index (χ1) is 12.6. The number of ether oxygens (including phenoxy) is 2. The summed E-state index contributed by atoms with van der Waals surface area (Å²) in [7, 11) is 3.12. The average Bonchev–Trinajstić information content (AvgIpc) is 2.67. The minimum Gasteiger partial charge on any atom is -0.493 e. The summed E-state index contributed by atoms with van der Waals surface area (Å²) in [6.45, 7) is 0. The number of nitrogen functional groups attached to an aromatic ring is 1. The number of nitrogens with two attached hydrogens (primary N) is 1. The molecule has 0 bridgehead atoms. The van der Waals surface area contributed by atoms with E-state index in [0.29, 0.717) is 33.3 Å². The summed E-state index contributed by atoms with van der Waals surface area (Å²) in [4.78, 5) is 4.37. The number of benzene rings is 2. The molecule has 0 amide bonds. The zero-order valence-corrected chi connectivity index (χ0v) is 15.0. The molecule has 0 unspecified atom stereocenters. The van der Waals surface area contributed by atoms with Gasteiger partial charge in [0.05, 0.1) is 19.9 Å². The molecule has 3 rings (SSSR count). The van der Waals surface area contributed by atoms with E-state index in [1.165, 1.54) is 0 Å². The van der Waals surface area contributed by atoms with Gasteiger partial charge < -0.3 is 15.2 Å². The highest BCUT2D eigenvalue weighted by Crippen LogP contribution is 2.41. The molecule has 130 valence electrons. The van der Waals surface area contributed by atoms with Crippen molar-refractivity contribution in [3.05, 3.63) is 59.1 Å². The monoisotopic (exact) mass is 365 g/mol. The predicted octanol–water partition coefficient (Wildman–Crippen LogP) is 4.54. The van der Waals surface area contributed by atoms with E-state index >= 15 is 0 Å². The van der Waals surface area contributed by atoms with Crippen LogP contribution in [0.25, 0.3) is 22.4 Å². The Morgan fingerprint density at radius 1 is 1.04 bits per heavy atom. The van der Waals surface area contributed by atoms with Crippen molar-refractivity contribution in [2.75, 3.05) is 20.0 Å². The summed E-state index contributed by atoms with van der Waals surface area (Å²) >= 11 is 5.96. The number of aromatic nitrogens is 1. The van der Waals surface area contributed by atoms with Gasteiger partial charge in [-0.05, 0) is 24.3 Å². The molecule has 6 heteroatoms. The number of halogens is 1. The van der Waals surface area contributed by atoms with Crippen LogP contribution in [-0.2, 0) is 0 Å². The smallest absolute Gasteiger partial charge is 0.168 e. The SMILES string of the molecule is COc1cccc(-c2cc(-c3ccc(Cl)cc3)nc(N)c2C#N)c1OC. The van der Waals surface area contributed by atoms with E-state index in [0.717, 1.165) is 5.56 Å². The quantitative estimate of drug-likeness (QED) is 0.734. The van der Waals surface area contributed by atoms with Crippen LogP contribution < -0.4 is 15.2 Å². The summed E-state index contributed by atoms with van der Waals surface area (Å²) < 4.78 is 10.9. The van der Waals surface area contributed by atoms with Gasteiger partial charge in [-0.25, -0.2) is 4.98 Å². The number of rotatable bonds is 4. The zero-order chi connectivity index (χ0) is 18.7. The highest BCUT2D eigenvalue weighted by molar-refractivity contribution is 6.30. The number of pyridine rings is 1. The first-order valence-electron chi connectivity index (χ1n) is 7.77. The second-order valence-corrected chi connectivity index (χ2v) is 5.91. The lowest BCUT2D eigenvalue weighted by Crippen LogP contribution is -2.01. The van der Waals surface area contributed by atoms with Crippen LogP contribution in [0.3, 0.4) is 0 Å². The zero-order valence-electron chi connectivity index (χ0n) is 14.3. The van der Waals surface area contributed by atoms with Crippen LogP contribution in [0.5, 0.6) is 11.5 Å². The number of para-hydroxylation sites is 1. The van der Waals surface area contributed by atoms with Gasteiger partial charge in [-0.3, -0.25) is 0 Å². The van der Waals surface area contributed by atoms with E-state index in [-0.39, 0.29) is 11.4 Å². The lowest BCUT2D eigenvalue weighted by molar-refractivity contribution is 0.356. The molecule has 26 heavy (non-hydrogen) atoms. The Labute approximate surface area is 156 Å². The van der Waals surface area contributed by atoms with E-state index in [9.17, 15) is 5.26 Å². The third kappa shape index (κ3) is 3.15. The van der Waals surface area contributed by atoms with Crippen molar-refractivity contribution in [3.8, 4) is 40.0 Å². The fourth-order valence-electron chi connectivity index (χ4n) is 2.76. The van der Waals surface area contributed by atoms with Crippen LogP contribution in [0.15, 0.2) is 48.5 Å². The molecule has 3 aromatic rings. The Hall–Kier alpha value is -3.23. The van der Waals surface area contributed by atoms with Crippen LogP contribution in [0.2, 0.25) is 5.02 Å². The molecule has 0 atom stereocenters. The van der Waals surface area contributed by atoms with Crippen molar-refractivity contribution in [1.29, 1.82) is 5.26 Å². The highest BCUT2D eigenvalue weighted by Gasteiger charge is 2.18. The van der Waals surface area contributed by atoms with Gasteiger partial charge in [0.25, 0.3) is 0 Å².